The Bertz CT molecular complexity index is 1290. The molecule has 2 aromatic heterocycles. The molecule has 33 heavy (non-hydrogen) atoms. The number of carbonyl (C=O) groups is 1. The first kappa shape index (κ1) is 20.6. The van der Waals surface area contributed by atoms with Crippen LogP contribution in [0.2, 0.25) is 0 Å². The summed E-state index contributed by atoms with van der Waals surface area (Å²) in [6.07, 6.45) is 1.91. The van der Waals surface area contributed by atoms with Crippen molar-refractivity contribution >= 4 is 34.4 Å². The highest BCUT2D eigenvalue weighted by atomic mass is 16.3. The van der Waals surface area contributed by atoms with Gasteiger partial charge in [0.25, 0.3) is 5.91 Å². The number of phenols is 1. The lowest BCUT2D eigenvalue weighted by molar-refractivity contribution is 0.0963. The van der Waals surface area contributed by atoms with Crippen LogP contribution in [0.3, 0.4) is 0 Å². The standard InChI is InChI=1S/C24H25N7O2/c1-26-23(33)16-2-4-18(5-3-16)31-11-10-20-21(25)27-24(28-22(20)31)30-14-12-29(13-15-30)17-6-8-19(32)9-7-17/h2-11,32H,12-15H2,1H3,(H,26,33)(H2,25,27,28). The highest BCUT2D eigenvalue weighted by Gasteiger charge is 2.21. The van der Waals surface area contributed by atoms with Crippen molar-refractivity contribution in [3.05, 3.63) is 66.4 Å². The predicted molar refractivity (Wildman–Crippen MR) is 129 cm³/mol. The number of piperazine rings is 1. The first-order valence-electron chi connectivity index (χ1n) is 10.8. The number of amides is 1. The molecule has 0 unspecified atom stereocenters. The summed E-state index contributed by atoms with van der Waals surface area (Å²) in [4.78, 5) is 25.7. The zero-order valence-electron chi connectivity index (χ0n) is 18.3. The summed E-state index contributed by atoms with van der Waals surface area (Å²) in [5, 5.41) is 12.9. The molecule has 4 N–H and O–H groups in total. The number of hydrogen-bond donors (Lipinski definition) is 3. The van der Waals surface area contributed by atoms with Gasteiger partial charge < -0.3 is 30.5 Å². The number of aromatic hydroxyl groups is 1. The fourth-order valence-electron chi connectivity index (χ4n) is 4.12. The minimum atomic E-state index is -0.126. The van der Waals surface area contributed by atoms with E-state index in [1.807, 2.05) is 41.1 Å². The van der Waals surface area contributed by atoms with E-state index in [-0.39, 0.29) is 11.7 Å². The van der Waals surface area contributed by atoms with Gasteiger partial charge in [-0.15, -0.1) is 0 Å². The fourth-order valence-corrected chi connectivity index (χ4v) is 4.12. The predicted octanol–water partition coefficient (Wildman–Crippen LogP) is 2.39. The van der Waals surface area contributed by atoms with Crippen LogP contribution in [-0.4, -0.2) is 58.8 Å². The average molecular weight is 444 g/mol. The maximum Gasteiger partial charge on any atom is 0.251 e. The van der Waals surface area contributed by atoms with E-state index in [0.29, 0.717) is 17.3 Å². The Labute approximate surface area is 191 Å². The van der Waals surface area contributed by atoms with Crippen LogP contribution in [0.1, 0.15) is 10.4 Å². The number of anilines is 3. The first-order chi connectivity index (χ1) is 16.0. The second kappa shape index (κ2) is 8.34. The monoisotopic (exact) mass is 443 g/mol. The number of aromatic nitrogens is 3. The summed E-state index contributed by atoms with van der Waals surface area (Å²) in [5.41, 5.74) is 9.58. The van der Waals surface area contributed by atoms with Crippen LogP contribution < -0.4 is 20.9 Å². The topological polar surface area (TPSA) is 113 Å². The van der Waals surface area contributed by atoms with Crippen LogP contribution in [0.4, 0.5) is 17.5 Å². The number of nitrogen functional groups attached to an aromatic ring is 1. The van der Waals surface area contributed by atoms with Gasteiger partial charge in [-0.3, -0.25) is 4.79 Å². The number of phenolic OH excluding ortho intramolecular Hbond substituents is 1. The van der Waals surface area contributed by atoms with Crippen molar-refractivity contribution in [3.8, 4) is 11.4 Å². The molecule has 0 saturated carbocycles. The Hall–Kier alpha value is -4.27. The molecule has 9 nitrogen and oxygen atoms in total. The Morgan fingerprint density at radius 3 is 2.21 bits per heavy atom. The molecule has 1 amide bonds. The molecule has 1 aliphatic heterocycles. The first-order valence-corrected chi connectivity index (χ1v) is 10.8. The second-order valence-corrected chi connectivity index (χ2v) is 7.95. The van der Waals surface area contributed by atoms with Crippen LogP contribution in [0, 0.1) is 0 Å². The summed E-state index contributed by atoms with van der Waals surface area (Å²) in [6.45, 7) is 3.14. The number of hydrogen-bond acceptors (Lipinski definition) is 7. The SMILES string of the molecule is CNC(=O)c1ccc(-n2ccc3c(N)nc(N4CCN(c5ccc(O)cc5)CC4)nc32)cc1. The van der Waals surface area contributed by atoms with Crippen LogP contribution in [0.15, 0.2) is 60.8 Å². The van der Waals surface area contributed by atoms with Gasteiger partial charge in [0.05, 0.1) is 5.39 Å². The van der Waals surface area contributed by atoms with Crippen molar-refractivity contribution in [2.24, 2.45) is 0 Å². The van der Waals surface area contributed by atoms with Gasteiger partial charge in [-0.25, -0.2) is 0 Å². The molecule has 5 rings (SSSR count). The van der Waals surface area contributed by atoms with Crippen molar-refractivity contribution in [3.63, 3.8) is 0 Å². The third-order valence-electron chi connectivity index (χ3n) is 5.97. The third kappa shape index (κ3) is 3.89. The van der Waals surface area contributed by atoms with Gasteiger partial charge in [-0.2, -0.15) is 9.97 Å². The smallest absolute Gasteiger partial charge is 0.251 e. The summed E-state index contributed by atoms with van der Waals surface area (Å²) in [5.74, 6) is 1.18. The third-order valence-corrected chi connectivity index (χ3v) is 5.97. The van der Waals surface area contributed by atoms with Crippen molar-refractivity contribution in [1.29, 1.82) is 0 Å². The summed E-state index contributed by atoms with van der Waals surface area (Å²) in [6, 6.07) is 16.5. The van der Waals surface area contributed by atoms with Gasteiger partial charge >= 0.3 is 0 Å². The highest BCUT2D eigenvalue weighted by molar-refractivity contribution is 5.94. The number of nitrogens with one attached hydrogen (secondary N) is 1. The molecule has 1 fully saturated rings. The van der Waals surface area contributed by atoms with Gasteiger partial charge in [0.1, 0.15) is 11.6 Å². The normalized spacial score (nSPS) is 14.0. The van der Waals surface area contributed by atoms with E-state index in [9.17, 15) is 9.90 Å². The molecule has 2 aromatic carbocycles. The van der Waals surface area contributed by atoms with E-state index in [1.54, 1.807) is 31.3 Å². The number of rotatable bonds is 4. The van der Waals surface area contributed by atoms with Crippen molar-refractivity contribution < 1.29 is 9.90 Å². The van der Waals surface area contributed by atoms with Crippen molar-refractivity contribution in [2.75, 3.05) is 48.8 Å². The highest BCUT2D eigenvalue weighted by Crippen LogP contribution is 2.27. The lowest BCUT2D eigenvalue weighted by Gasteiger charge is -2.36. The zero-order chi connectivity index (χ0) is 22.9. The Morgan fingerprint density at radius 1 is 0.909 bits per heavy atom. The Balaban J connectivity index is 1.40. The maximum atomic E-state index is 11.8. The molecular formula is C24H25N7O2. The summed E-state index contributed by atoms with van der Waals surface area (Å²) >= 11 is 0. The van der Waals surface area contributed by atoms with E-state index in [2.05, 4.69) is 20.1 Å². The van der Waals surface area contributed by atoms with Gasteiger partial charge in [-0.1, -0.05) is 0 Å². The summed E-state index contributed by atoms with van der Waals surface area (Å²) in [7, 11) is 1.61. The van der Waals surface area contributed by atoms with E-state index >= 15 is 0 Å². The Morgan fingerprint density at radius 2 is 1.55 bits per heavy atom. The molecule has 0 radical (unpaired) electrons. The van der Waals surface area contributed by atoms with Crippen LogP contribution in [-0.2, 0) is 0 Å². The lowest BCUT2D eigenvalue weighted by atomic mass is 10.2. The quantitative estimate of drug-likeness (QED) is 0.444. The Kier molecular flexibility index (Phi) is 5.21. The van der Waals surface area contributed by atoms with Crippen molar-refractivity contribution in [2.45, 2.75) is 0 Å². The van der Waals surface area contributed by atoms with E-state index < -0.39 is 0 Å². The number of fused-ring (bicyclic) bond motifs is 1. The maximum absolute atomic E-state index is 11.8. The molecule has 0 atom stereocenters. The lowest BCUT2D eigenvalue weighted by Crippen LogP contribution is -2.47. The fraction of sp³-hybridized carbons (Fsp3) is 0.208. The molecule has 0 bridgehead atoms. The number of benzene rings is 2. The molecule has 0 spiro atoms. The molecular weight excluding hydrogens is 418 g/mol. The number of nitrogens with two attached hydrogens (primary N) is 1. The number of nitrogens with zero attached hydrogens (tertiary/aromatic N) is 5. The molecule has 9 heteroatoms. The molecule has 0 aliphatic carbocycles. The van der Waals surface area contributed by atoms with Crippen LogP contribution in [0.5, 0.6) is 5.75 Å². The van der Waals surface area contributed by atoms with Crippen LogP contribution >= 0.6 is 0 Å². The van der Waals surface area contributed by atoms with Crippen LogP contribution in [0.25, 0.3) is 16.7 Å². The zero-order valence-corrected chi connectivity index (χ0v) is 18.3. The largest absolute Gasteiger partial charge is 0.508 e. The molecule has 4 aromatic rings. The van der Waals surface area contributed by atoms with E-state index in [0.717, 1.165) is 48.6 Å². The average Bonchev–Trinajstić information content (AvgIpc) is 3.29. The van der Waals surface area contributed by atoms with Gasteiger partial charge in [0, 0.05) is 56.4 Å². The molecule has 1 saturated heterocycles. The summed E-state index contributed by atoms with van der Waals surface area (Å²) < 4.78 is 1.96. The van der Waals surface area contributed by atoms with Gasteiger partial charge in [0.15, 0.2) is 5.65 Å². The number of carbonyl (C=O) groups excluding carboxylic acids is 1. The van der Waals surface area contributed by atoms with E-state index in [4.69, 9.17) is 10.7 Å². The second-order valence-electron chi connectivity index (χ2n) is 7.95. The van der Waals surface area contributed by atoms with E-state index in [1.165, 1.54) is 0 Å². The van der Waals surface area contributed by atoms with Gasteiger partial charge in [0.2, 0.25) is 5.95 Å². The minimum absolute atomic E-state index is 0.126. The van der Waals surface area contributed by atoms with Crippen molar-refractivity contribution in [1.82, 2.24) is 19.9 Å². The molecule has 1 aliphatic rings. The van der Waals surface area contributed by atoms with Gasteiger partial charge in [-0.05, 0) is 54.6 Å². The minimum Gasteiger partial charge on any atom is -0.508 e. The molecule has 168 valence electrons. The molecule has 3 heterocycles.